The van der Waals surface area contributed by atoms with Gasteiger partial charge < -0.3 is 15.2 Å². The predicted octanol–water partition coefficient (Wildman–Crippen LogP) is 2.32. The summed E-state index contributed by atoms with van der Waals surface area (Å²) in [6, 6.07) is 7.36. The normalized spacial score (nSPS) is 17.4. The Morgan fingerprint density at radius 2 is 1.89 bits per heavy atom. The number of nitrogens with two attached hydrogens (primary N) is 1. The van der Waals surface area contributed by atoms with E-state index >= 15 is 0 Å². The van der Waals surface area contributed by atoms with E-state index in [1.54, 1.807) is 12.1 Å². The Hall–Kier alpha value is -1.10. The molecule has 5 heteroatoms. The molecule has 0 bridgehead atoms. The average molecular weight is 286 g/mol. The van der Waals surface area contributed by atoms with Crippen LogP contribution in [-0.4, -0.2) is 26.3 Å². The van der Waals surface area contributed by atoms with Gasteiger partial charge in [0.1, 0.15) is 0 Å². The van der Waals surface area contributed by atoms with Gasteiger partial charge in [-0.15, -0.1) is 12.4 Å². The molecule has 19 heavy (non-hydrogen) atoms. The van der Waals surface area contributed by atoms with E-state index in [2.05, 4.69) is 4.74 Å². The zero-order valence-corrected chi connectivity index (χ0v) is 11.8. The van der Waals surface area contributed by atoms with E-state index in [1.165, 1.54) is 7.11 Å². The van der Waals surface area contributed by atoms with E-state index in [9.17, 15) is 4.79 Å². The molecule has 1 aromatic carbocycles. The topological polar surface area (TPSA) is 61.5 Å². The van der Waals surface area contributed by atoms with E-state index < -0.39 is 0 Å². The van der Waals surface area contributed by atoms with Gasteiger partial charge in [-0.2, -0.15) is 0 Å². The highest BCUT2D eigenvalue weighted by Gasteiger charge is 2.22. The van der Waals surface area contributed by atoms with Crippen LogP contribution >= 0.6 is 12.4 Å². The molecule has 0 amide bonds. The van der Waals surface area contributed by atoms with Crippen molar-refractivity contribution in [2.45, 2.75) is 18.9 Å². The second-order valence-electron chi connectivity index (χ2n) is 4.59. The zero-order chi connectivity index (χ0) is 13.0. The number of halogens is 1. The molecular formula is C14H20ClNO3. The fourth-order valence-electron chi connectivity index (χ4n) is 2.31. The minimum atomic E-state index is -0.318. The zero-order valence-electron chi connectivity index (χ0n) is 11.0. The van der Waals surface area contributed by atoms with Crippen molar-refractivity contribution in [1.29, 1.82) is 0 Å². The van der Waals surface area contributed by atoms with Gasteiger partial charge in [-0.25, -0.2) is 4.79 Å². The molecule has 1 atom stereocenters. The number of rotatable bonds is 3. The number of carbonyl (C=O) groups excluding carboxylic acids is 1. The first kappa shape index (κ1) is 16.0. The smallest absolute Gasteiger partial charge is 0.337 e. The number of carbonyl (C=O) groups is 1. The SMILES string of the molecule is COC(=O)c1ccc([C@H](N)C2CCOCC2)cc1.Cl. The summed E-state index contributed by atoms with van der Waals surface area (Å²) in [4.78, 5) is 11.3. The molecular weight excluding hydrogens is 266 g/mol. The lowest BCUT2D eigenvalue weighted by Crippen LogP contribution is -2.27. The van der Waals surface area contributed by atoms with Gasteiger partial charge in [0.05, 0.1) is 12.7 Å². The van der Waals surface area contributed by atoms with Crippen molar-refractivity contribution in [2.75, 3.05) is 20.3 Å². The van der Waals surface area contributed by atoms with E-state index in [-0.39, 0.29) is 24.4 Å². The fourth-order valence-corrected chi connectivity index (χ4v) is 2.31. The monoisotopic (exact) mass is 285 g/mol. The number of methoxy groups -OCH3 is 1. The van der Waals surface area contributed by atoms with Crippen molar-refractivity contribution in [3.05, 3.63) is 35.4 Å². The third-order valence-electron chi connectivity index (χ3n) is 3.49. The second kappa shape index (κ2) is 7.48. The molecule has 1 saturated heterocycles. The predicted molar refractivity (Wildman–Crippen MR) is 75.5 cm³/mol. The maximum absolute atomic E-state index is 11.3. The Bertz CT molecular complexity index is 402. The van der Waals surface area contributed by atoms with Crippen LogP contribution < -0.4 is 5.73 Å². The lowest BCUT2D eigenvalue weighted by atomic mass is 9.87. The van der Waals surface area contributed by atoms with Gasteiger partial charge >= 0.3 is 5.97 Å². The number of benzene rings is 1. The summed E-state index contributed by atoms with van der Waals surface area (Å²) in [7, 11) is 1.38. The Balaban J connectivity index is 0.00000180. The summed E-state index contributed by atoms with van der Waals surface area (Å²) in [6.45, 7) is 1.58. The molecule has 0 aliphatic carbocycles. The summed E-state index contributed by atoms with van der Waals surface area (Å²) < 4.78 is 10.0. The minimum absolute atomic E-state index is 0. The first-order chi connectivity index (χ1) is 8.72. The second-order valence-corrected chi connectivity index (χ2v) is 4.59. The standard InChI is InChI=1S/C14H19NO3.ClH/c1-17-14(16)12-4-2-10(3-5-12)13(15)11-6-8-18-9-7-11;/h2-5,11,13H,6-9,15H2,1H3;1H/t13-;/m0./s1. The molecule has 1 aliphatic heterocycles. The van der Waals surface area contributed by atoms with Crippen LogP contribution in [-0.2, 0) is 9.47 Å². The molecule has 0 radical (unpaired) electrons. The highest BCUT2D eigenvalue weighted by atomic mass is 35.5. The third kappa shape index (κ3) is 3.93. The van der Waals surface area contributed by atoms with Gasteiger partial charge in [-0.1, -0.05) is 12.1 Å². The first-order valence-electron chi connectivity index (χ1n) is 6.24. The molecule has 2 N–H and O–H groups in total. The van der Waals surface area contributed by atoms with Gasteiger partial charge in [0.2, 0.25) is 0 Å². The summed E-state index contributed by atoms with van der Waals surface area (Å²) in [6.07, 6.45) is 2.00. The summed E-state index contributed by atoms with van der Waals surface area (Å²) in [5, 5.41) is 0. The molecule has 1 heterocycles. The lowest BCUT2D eigenvalue weighted by molar-refractivity contribution is 0.0583. The summed E-state index contributed by atoms with van der Waals surface area (Å²) >= 11 is 0. The molecule has 0 saturated carbocycles. The molecule has 1 aliphatic rings. The Morgan fingerprint density at radius 1 is 1.32 bits per heavy atom. The van der Waals surface area contributed by atoms with Crippen molar-refractivity contribution < 1.29 is 14.3 Å². The van der Waals surface area contributed by atoms with Crippen LogP contribution in [0.1, 0.15) is 34.8 Å². The molecule has 0 spiro atoms. The summed E-state index contributed by atoms with van der Waals surface area (Å²) in [5.74, 6) is 0.143. The molecule has 106 valence electrons. The van der Waals surface area contributed by atoms with E-state index in [1.807, 2.05) is 12.1 Å². The minimum Gasteiger partial charge on any atom is -0.465 e. The van der Waals surface area contributed by atoms with E-state index in [4.69, 9.17) is 10.5 Å². The maximum Gasteiger partial charge on any atom is 0.337 e. The van der Waals surface area contributed by atoms with E-state index in [0.29, 0.717) is 11.5 Å². The van der Waals surface area contributed by atoms with Gasteiger partial charge in [0.15, 0.2) is 0 Å². The summed E-state index contributed by atoms with van der Waals surface area (Å²) in [5.41, 5.74) is 7.88. The number of ether oxygens (including phenoxy) is 2. The molecule has 4 nitrogen and oxygen atoms in total. The van der Waals surface area contributed by atoms with Gasteiger partial charge in [0, 0.05) is 19.3 Å². The first-order valence-corrected chi connectivity index (χ1v) is 6.24. The van der Waals surface area contributed by atoms with Crippen molar-refractivity contribution in [3.63, 3.8) is 0 Å². The lowest BCUT2D eigenvalue weighted by Gasteiger charge is -2.27. The van der Waals surface area contributed by atoms with Crippen LogP contribution in [0.15, 0.2) is 24.3 Å². The Morgan fingerprint density at radius 3 is 2.42 bits per heavy atom. The molecule has 0 unspecified atom stereocenters. The van der Waals surface area contributed by atoms with Crippen molar-refractivity contribution >= 4 is 18.4 Å². The van der Waals surface area contributed by atoms with Gasteiger partial charge in [0.25, 0.3) is 0 Å². The van der Waals surface area contributed by atoms with Crippen LogP contribution in [0.25, 0.3) is 0 Å². The van der Waals surface area contributed by atoms with Crippen molar-refractivity contribution in [2.24, 2.45) is 11.7 Å². The van der Waals surface area contributed by atoms with Gasteiger partial charge in [-0.3, -0.25) is 0 Å². The number of esters is 1. The van der Waals surface area contributed by atoms with Crippen molar-refractivity contribution in [3.8, 4) is 0 Å². The molecule has 1 aromatic rings. The van der Waals surface area contributed by atoms with Crippen LogP contribution in [0.4, 0.5) is 0 Å². The number of hydrogen-bond donors (Lipinski definition) is 1. The largest absolute Gasteiger partial charge is 0.465 e. The van der Waals surface area contributed by atoms with Crippen LogP contribution in [0, 0.1) is 5.92 Å². The third-order valence-corrected chi connectivity index (χ3v) is 3.49. The maximum atomic E-state index is 11.3. The van der Waals surface area contributed by atoms with Crippen LogP contribution in [0.3, 0.4) is 0 Å². The van der Waals surface area contributed by atoms with E-state index in [0.717, 1.165) is 31.6 Å². The van der Waals surface area contributed by atoms with Crippen LogP contribution in [0.5, 0.6) is 0 Å². The highest BCUT2D eigenvalue weighted by molar-refractivity contribution is 5.89. The average Bonchev–Trinajstić information content (AvgIpc) is 2.47. The fraction of sp³-hybridized carbons (Fsp3) is 0.500. The van der Waals surface area contributed by atoms with Crippen LogP contribution in [0.2, 0.25) is 0 Å². The molecule has 1 fully saturated rings. The molecule has 2 rings (SSSR count). The van der Waals surface area contributed by atoms with Gasteiger partial charge in [-0.05, 0) is 36.5 Å². The quantitative estimate of drug-likeness (QED) is 0.866. The van der Waals surface area contributed by atoms with Crippen molar-refractivity contribution in [1.82, 2.24) is 0 Å². The number of hydrogen-bond acceptors (Lipinski definition) is 4. The molecule has 0 aromatic heterocycles. The Kier molecular flexibility index (Phi) is 6.28. The Labute approximate surface area is 119 Å². The highest BCUT2D eigenvalue weighted by Crippen LogP contribution is 2.28.